The molecule has 0 fully saturated rings. The molecule has 64 valence electrons. The standard InChI is InChI=1S/CH4O3S.4H2O/c1-5(2,3)4;;;;/h1H3,(H,2,3,4);4*1H2/p-1. The van der Waals surface area contributed by atoms with Crippen molar-refractivity contribution in [2.24, 2.45) is 0 Å². The third-order valence-corrected chi connectivity index (χ3v) is 0. The normalized spacial score (nSPS) is 6.44. The van der Waals surface area contributed by atoms with Crippen LogP contribution >= 0.6 is 0 Å². The Hall–Kier alpha value is -0.250. The first kappa shape index (κ1) is 37.4. The Kier molecular flexibility index (Phi) is 44.3. The van der Waals surface area contributed by atoms with Crippen LogP contribution < -0.4 is 0 Å². The van der Waals surface area contributed by atoms with Gasteiger partial charge in [-0.25, -0.2) is 8.42 Å². The molecule has 0 spiro atoms. The van der Waals surface area contributed by atoms with Crippen molar-refractivity contribution in [3.8, 4) is 0 Å². The molecule has 9 heavy (non-hydrogen) atoms. The van der Waals surface area contributed by atoms with E-state index in [0.717, 1.165) is 0 Å². The van der Waals surface area contributed by atoms with E-state index in [1.807, 2.05) is 0 Å². The second-order valence-electron chi connectivity index (χ2n) is 0.704. The highest BCUT2D eigenvalue weighted by Gasteiger charge is 1.65. The van der Waals surface area contributed by atoms with Crippen molar-refractivity contribution in [3.63, 3.8) is 0 Å². The quantitative estimate of drug-likeness (QED) is 0.332. The van der Waals surface area contributed by atoms with Gasteiger partial charge in [0, 0.05) is 6.26 Å². The lowest BCUT2D eigenvalue weighted by Crippen LogP contribution is -1.88. The van der Waals surface area contributed by atoms with Gasteiger partial charge in [-0.2, -0.15) is 0 Å². The second kappa shape index (κ2) is 10.7. The zero-order valence-corrected chi connectivity index (χ0v) is 5.45. The summed E-state index contributed by atoms with van der Waals surface area (Å²) in [5.41, 5.74) is 0. The van der Waals surface area contributed by atoms with E-state index in [1.54, 1.807) is 0 Å². The molecule has 0 aromatic heterocycles. The largest absolute Gasteiger partial charge is 0.748 e. The van der Waals surface area contributed by atoms with E-state index in [0.29, 0.717) is 6.26 Å². The Morgan fingerprint density at radius 3 is 1.00 bits per heavy atom. The lowest BCUT2D eigenvalue weighted by atomic mass is 12.0. The maximum Gasteiger partial charge on any atom is 0.0916 e. The lowest BCUT2D eigenvalue weighted by Gasteiger charge is -1.90. The maximum atomic E-state index is 9.08. The maximum absolute atomic E-state index is 9.08. The van der Waals surface area contributed by atoms with Gasteiger partial charge in [0.05, 0.1) is 10.1 Å². The van der Waals surface area contributed by atoms with E-state index < -0.39 is 10.1 Å². The molecule has 8 heteroatoms. The van der Waals surface area contributed by atoms with Gasteiger partial charge in [-0.1, -0.05) is 0 Å². The van der Waals surface area contributed by atoms with Crippen molar-refractivity contribution in [2.75, 3.05) is 6.26 Å². The third kappa shape index (κ3) is 4100. The Balaban J connectivity index is -0.0000000133. The van der Waals surface area contributed by atoms with Crippen LogP contribution in [-0.2, 0) is 10.1 Å². The molecular formula is CH11O7S-. The molecule has 0 unspecified atom stereocenters. The average molecular weight is 167 g/mol. The Bertz CT molecular complexity index is 92.1. The molecule has 0 atom stereocenters. The van der Waals surface area contributed by atoms with E-state index in [2.05, 4.69) is 0 Å². The van der Waals surface area contributed by atoms with Crippen LogP contribution in [-0.4, -0.2) is 41.1 Å². The summed E-state index contributed by atoms with van der Waals surface area (Å²) < 4.78 is 27.2. The van der Waals surface area contributed by atoms with Crippen LogP contribution in [0.25, 0.3) is 0 Å². The van der Waals surface area contributed by atoms with Gasteiger partial charge in [-0.3, -0.25) is 0 Å². The minimum atomic E-state index is -3.92. The van der Waals surface area contributed by atoms with Crippen molar-refractivity contribution in [1.29, 1.82) is 0 Å². The highest BCUT2D eigenvalue weighted by Crippen LogP contribution is 1.59. The van der Waals surface area contributed by atoms with Crippen LogP contribution in [0.3, 0.4) is 0 Å². The summed E-state index contributed by atoms with van der Waals surface area (Å²) in [5.74, 6) is 0. The number of hydrogen-bond acceptors (Lipinski definition) is 3. The molecule has 0 aliphatic carbocycles. The van der Waals surface area contributed by atoms with Crippen molar-refractivity contribution >= 4 is 10.1 Å². The minimum absolute atomic E-state index is 0. The summed E-state index contributed by atoms with van der Waals surface area (Å²) in [5, 5.41) is 0. The van der Waals surface area contributed by atoms with E-state index >= 15 is 0 Å². The van der Waals surface area contributed by atoms with Crippen LogP contribution in [0.2, 0.25) is 0 Å². The first-order valence-corrected chi connectivity index (χ1v) is 2.72. The zero-order chi connectivity index (χ0) is 4.50. The summed E-state index contributed by atoms with van der Waals surface area (Å²) in [7, 11) is -3.92. The molecule has 0 saturated carbocycles. The van der Waals surface area contributed by atoms with E-state index in [-0.39, 0.29) is 21.9 Å². The fourth-order valence-electron chi connectivity index (χ4n) is 0. The molecule has 0 aromatic rings. The minimum Gasteiger partial charge on any atom is -0.748 e. The van der Waals surface area contributed by atoms with Crippen molar-refractivity contribution in [1.82, 2.24) is 0 Å². The molecule has 0 bridgehead atoms. The number of rotatable bonds is 0. The van der Waals surface area contributed by atoms with Crippen LogP contribution in [0, 0.1) is 0 Å². The van der Waals surface area contributed by atoms with Gasteiger partial charge in [0.15, 0.2) is 0 Å². The Labute approximate surface area is 52.3 Å². The smallest absolute Gasteiger partial charge is 0.0916 e. The fourth-order valence-corrected chi connectivity index (χ4v) is 0. The lowest BCUT2D eigenvalue weighted by molar-refractivity contribution is 0.470. The number of hydrogen-bond donors (Lipinski definition) is 0. The molecule has 0 rings (SSSR count). The van der Waals surface area contributed by atoms with Gasteiger partial charge >= 0.3 is 0 Å². The Morgan fingerprint density at radius 2 is 1.00 bits per heavy atom. The monoisotopic (exact) mass is 167 g/mol. The summed E-state index contributed by atoms with van der Waals surface area (Å²) in [4.78, 5) is 0. The van der Waals surface area contributed by atoms with Gasteiger partial charge in [0.1, 0.15) is 0 Å². The first-order chi connectivity index (χ1) is 2.00. The summed E-state index contributed by atoms with van der Waals surface area (Å²) in [6.45, 7) is 0. The predicted molar refractivity (Wildman–Crippen MR) is 30.1 cm³/mol. The van der Waals surface area contributed by atoms with Crippen LogP contribution in [0.5, 0.6) is 0 Å². The van der Waals surface area contributed by atoms with Gasteiger partial charge in [-0.15, -0.1) is 0 Å². The third-order valence-electron chi connectivity index (χ3n) is 0. The molecule has 7 nitrogen and oxygen atoms in total. The molecule has 0 radical (unpaired) electrons. The van der Waals surface area contributed by atoms with Crippen molar-refractivity contribution in [3.05, 3.63) is 0 Å². The molecule has 0 aliphatic rings. The molecule has 0 aromatic carbocycles. The molecule has 0 heterocycles. The van der Waals surface area contributed by atoms with Gasteiger partial charge in [-0.05, 0) is 0 Å². The molecule has 0 saturated heterocycles. The summed E-state index contributed by atoms with van der Waals surface area (Å²) in [6, 6.07) is 0. The summed E-state index contributed by atoms with van der Waals surface area (Å²) >= 11 is 0. The molecule has 8 N–H and O–H groups in total. The van der Waals surface area contributed by atoms with Crippen molar-refractivity contribution < 1.29 is 34.9 Å². The average Bonchev–Trinajstić information content (AvgIpc) is 0.722. The van der Waals surface area contributed by atoms with Crippen LogP contribution in [0.15, 0.2) is 0 Å². The van der Waals surface area contributed by atoms with Crippen LogP contribution in [0.4, 0.5) is 0 Å². The van der Waals surface area contributed by atoms with Gasteiger partial charge < -0.3 is 26.5 Å². The topological polar surface area (TPSA) is 183 Å². The second-order valence-corrected chi connectivity index (χ2v) is 2.11. The van der Waals surface area contributed by atoms with E-state index in [4.69, 9.17) is 13.0 Å². The van der Waals surface area contributed by atoms with E-state index in [1.165, 1.54) is 0 Å². The van der Waals surface area contributed by atoms with Crippen molar-refractivity contribution in [2.45, 2.75) is 0 Å². The zero-order valence-electron chi connectivity index (χ0n) is 4.63. The summed E-state index contributed by atoms with van der Waals surface area (Å²) in [6.07, 6.45) is 0.604. The van der Waals surface area contributed by atoms with Gasteiger partial charge in [0.2, 0.25) is 0 Å². The molecule has 0 aliphatic heterocycles. The fraction of sp³-hybridized carbons (Fsp3) is 1.00. The van der Waals surface area contributed by atoms with Crippen LogP contribution in [0.1, 0.15) is 0 Å². The Morgan fingerprint density at radius 1 is 1.00 bits per heavy atom. The molecular weight excluding hydrogens is 156 g/mol. The van der Waals surface area contributed by atoms with E-state index in [9.17, 15) is 0 Å². The highest BCUT2D eigenvalue weighted by atomic mass is 32.2. The van der Waals surface area contributed by atoms with Gasteiger partial charge in [0.25, 0.3) is 0 Å². The molecule has 0 amide bonds. The highest BCUT2D eigenvalue weighted by molar-refractivity contribution is 7.84. The first-order valence-electron chi connectivity index (χ1n) is 0.908. The SMILES string of the molecule is CS(=O)(=O)[O-].O.O.O.O. The predicted octanol–water partition coefficient (Wildman–Crippen LogP) is -4.14.